The van der Waals surface area contributed by atoms with Gasteiger partial charge < -0.3 is 9.64 Å². The lowest BCUT2D eigenvalue weighted by molar-refractivity contribution is 0.0555. The van der Waals surface area contributed by atoms with E-state index < -0.39 is 0 Å². The summed E-state index contributed by atoms with van der Waals surface area (Å²) in [5.41, 5.74) is 1.11. The normalized spacial score (nSPS) is 18.2. The van der Waals surface area contributed by atoms with Gasteiger partial charge in [0.1, 0.15) is 0 Å². The number of hydrogen-bond acceptors (Lipinski definition) is 3. The molecule has 0 aromatic heterocycles. The first-order valence-electron chi connectivity index (χ1n) is 7.00. The van der Waals surface area contributed by atoms with Gasteiger partial charge in [0, 0.05) is 26.3 Å². The van der Waals surface area contributed by atoms with Crippen molar-refractivity contribution in [2.45, 2.75) is 18.8 Å². The number of likely N-dealkylation sites (N-methyl/N-ethyl adjacent to an activating group) is 1. The Labute approximate surface area is 115 Å². The SMILES string of the molecule is CN(CC1CCOCC1)CC(C#N)c1ccccc1. The van der Waals surface area contributed by atoms with Crippen molar-refractivity contribution >= 4 is 0 Å². The molecule has 3 heteroatoms. The van der Waals surface area contributed by atoms with Crippen LogP contribution in [0.5, 0.6) is 0 Å². The van der Waals surface area contributed by atoms with E-state index in [0.29, 0.717) is 5.92 Å². The number of nitrogens with zero attached hydrogens (tertiary/aromatic N) is 2. The molecule has 2 rings (SSSR count). The van der Waals surface area contributed by atoms with E-state index in [1.165, 1.54) is 0 Å². The standard InChI is InChI=1S/C16H22N2O/c1-18(12-14-7-9-19-10-8-14)13-16(11-17)15-5-3-2-4-6-15/h2-6,14,16H,7-10,12-13H2,1H3. The first kappa shape index (κ1) is 14.0. The molecule has 1 aliphatic heterocycles. The molecule has 1 saturated heterocycles. The van der Waals surface area contributed by atoms with E-state index in [9.17, 15) is 5.26 Å². The molecule has 1 aromatic rings. The summed E-state index contributed by atoms with van der Waals surface area (Å²) in [4.78, 5) is 2.29. The van der Waals surface area contributed by atoms with Crippen molar-refractivity contribution in [2.75, 3.05) is 33.4 Å². The largest absolute Gasteiger partial charge is 0.381 e. The van der Waals surface area contributed by atoms with Gasteiger partial charge >= 0.3 is 0 Å². The summed E-state index contributed by atoms with van der Waals surface area (Å²) < 4.78 is 5.38. The fourth-order valence-electron chi connectivity index (χ4n) is 2.66. The minimum Gasteiger partial charge on any atom is -0.381 e. The van der Waals surface area contributed by atoms with Crippen LogP contribution < -0.4 is 0 Å². The van der Waals surface area contributed by atoms with Gasteiger partial charge in [-0.25, -0.2) is 0 Å². The van der Waals surface area contributed by atoms with Crippen molar-refractivity contribution in [2.24, 2.45) is 5.92 Å². The molecule has 3 nitrogen and oxygen atoms in total. The maximum Gasteiger partial charge on any atom is 0.0839 e. The van der Waals surface area contributed by atoms with Crippen molar-refractivity contribution in [3.8, 4) is 6.07 Å². The zero-order valence-corrected chi connectivity index (χ0v) is 11.6. The van der Waals surface area contributed by atoms with Gasteiger partial charge in [0.15, 0.2) is 0 Å². The third kappa shape index (κ3) is 4.34. The van der Waals surface area contributed by atoms with Crippen LogP contribution in [-0.4, -0.2) is 38.3 Å². The van der Waals surface area contributed by atoms with Gasteiger partial charge in [-0.05, 0) is 31.4 Å². The van der Waals surface area contributed by atoms with Crippen molar-refractivity contribution in [3.63, 3.8) is 0 Å². The molecule has 1 aliphatic rings. The molecule has 1 unspecified atom stereocenters. The predicted molar refractivity (Wildman–Crippen MR) is 75.8 cm³/mol. The van der Waals surface area contributed by atoms with E-state index >= 15 is 0 Å². The Morgan fingerprint density at radius 3 is 2.63 bits per heavy atom. The first-order chi connectivity index (χ1) is 9.29. The van der Waals surface area contributed by atoms with Crippen molar-refractivity contribution in [1.82, 2.24) is 4.90 Å². The average molecular weight is 258 g/mol. The fraction of sp³-hybridized carbons (Fsp3) is 0.562. The second-order valence-electron chi connectivity index (χ2n) is 5.37. The molecule has 0 bridgehead atoms. The Balaban J connectivity index is 1.86. The molecule has 0 N–H and O–H groups in total. The lowest BCUT2D eigenvalue weighted by atomic mass is 9.97. The van der Waals surface area contributed by atoms with Gasteiger partial charge in [-0.15, -0.1) is 0 Å². The van der Waals surface area contributed by atoms with Crippen LogP contribution in [0.1, 0.15) is 24.3 Å². The van der Waals surface area contributed by atoms with E-state index in [4.69, 9.17) is 4.74 Å². The maximum atomic E-state index is 9.34. The van der Waals surface area contributed by atoms with Crippen LogP contribution >= 0.6 is 0 Å². The number of rotatable bonds is 5. The summed E-state index contributed by atoms with van der Waals surface area (Å²) in [7, 11) is 2.11. The summed E-state index contributed by atoms with van der Waals surface area (Å²) in [5, 5.41) is 9.34. The highest BCUT2D eigenvalue weighted by Crippen LogP contribution is 2.19. The van der Waals surface area contributed by atoms with Gasteiger partial charge in [-0.3, -0.25) is 0 Å². The van der Waals surface area contributed by atoms with E-state index in [0.717, 1.165) is 44.7 Å². The van der Waals surface area contributed by atoms with Crippen LogP contribution in [0.15, 0.2) is 30.3 Å². The molecule has 19 heavy (non-hydrogen) atoms. The van der Waals surface area contributed by atoms with Crippen molar-refractivity contribution in [1.29, 1.82) is 5.26 Å². The van der Waals surface area contributed by atoms with E-state index in [-0.39, 0.29) is 5.92 Å². The molecule has 1 heterocycles. The average Bonchev–Trinajstić information content (AvgIpc) is 2.47. The van der Waals surface area contributed by atoms with E-state index in [1.54, 1.807) is 0 Å². The maximum absolute atomic E-state index is 9.34. The number of hydrogen-bond donors (Lipinski definition) is 0. The second-order valence-corrected chi connectivity index (χ2v) is 5.37. The monoisotopic (exact) mass is 258 g/mol. The minimum atomic E-state index is -0.0361. The van der Waals surface area contributed by atoms with Gasteiger partial charge in [0.25, 0.3) is 0 Å². The van der Waals surface area contributed by atoms with Gasteiger partial charge in [0.05, 0.1) is 12.0 Å². The summed E-state index contributed by atoms with van der Waals surface area (Å²) in [6, 6.07) is 12.5. The highest BCUT2D eigenvalue weighted by atomic mass is 16.5. The Kier molecular flexibility index (Phi) is 5.38. The van der Waals surface area contributed by atoms with Gasteiger partial charge in [-0.2, -0.15) is 5.26 Å². The molecule has 1 fully saturated rings. The van der Waals surface area contributed by atoms with Gasteiger partial charge in [0.2, 0.25) is 0 Å². The Bertz CT molecular complexity index is 407. The third-order valence-electron chi connectivity index (χ3n) is 3.76. The molecule has 0 amide bonds. The number of benzene rings is 1. The van der Waals surface area contributed by atoms with E-state index in [1.807, 2.05) is 30.3 Å². The molecule has 102 valence electrons. The first-order valence-corrected chi connectivity index (χ1v) is 7.00. The zero-order chi connectivity index (χ0) is 13.5. The van der Waals surface area contributed by atoms with Crippen molar-refractivity contribution < 1.29 is 4.74 Å². The van der Waals surface area contributed by atoms with Crippen LogP contribution in [0.25, 0.3) is 0 Å². The summed E-state index contributed by atoms with van der Waals surface area (Å²) in [6.07, 6.45) is 2.29. The number of ether oxygens (including phenoxy) is 1. The lowest BCUT2D eigenvalue weighted by Crippen LogP contribution is -2.32. The lowest BCUT2D eigenvalue weighted by Gasteiger charge is -2.28. The zero-order valence-electron chi connectivity index (χ0n) is 11.6. The second kappa shape index (κ2) is 7.28. The Morgan fingerprint density at radius 1 is 1.32 bits per heavy atom. The van der Waals surface area contributed by atoms with Crippen molar-refractivity contribution in [3.05, 3.63) is 35.9 Å². The van der Waals surface area contributed by atoms with Crippen LogP contribution in [0.2, 0.25) is 0 Å². The van der Waals surface area contributed by atoms with Gasteiger partial charge in [-0.1, -0.05) is 30.3 Å². The smallest absolute Gasteiger partial charge is 0.0839 e. The molecule has 1 atom stereocenters. The highest BCUT2D eigenvalue weighted by molar-refractivity contribution is 5.25. The third-order valence-corrected chi connectivity index (χ3v) is 3.76. The number of nitriles is 1. The summed E-state index contributed by atoms with van der Waals surface area (Å²) in [5.74, 6) is 0.680. The Hall–Kier alpha value is -1.37. The minimum absolute atomic E-state index is 0.0361. The Morgan fingerprint density at radius 2 is 2.00 bits per heavy atom. The molecule has 1 aromatic carbocycles. The summed E-state index contributed by atoms with van der Waals surface area (Å²) in [6.45, 7) is 3.64. The fourth-order valence-corrected chi connectivity index (χ4v) is 2.66. The molecule has 0 spiro atoms. The quantitative estimate of drug-likeness (QED) is 0.814. The van der Waals surface area contributed by atoms with Crippen LogP contribution in [0, 0.1) is 17.2 Å². The molecule has 0 aliphatic carbocycles. The molecular formula is C16H22N2O. The van der Waals surface area contributed by atoms with E-state index in [2.05, 4.69) is 18.0 Å². The highest BCUT2D eigenvalue weighted by Gasteiger charge is 2.18. The summed E-state index contributed by atoms with van der Waals surface area (Å²) >= 11 is 0. The molecule has 0 saturated carbocycles. The van der Waals surface area contributed by atoms with Crippen LogP contribution in [0.4, 0.5) is 0 Å². The molecular weight excluding hydrogens is 236 g/mol. The van der Waals surface area contributed by atoms with Crippen LogP contribution in [0.3, 0.4) is 0 Å². The van der Waals surface area contributed by atoms with Crippen LogP contribution in [-0.2, 0) is 4.74 Å². The topological polar surface area (TPSA) is 36.3 Å². The molecule has 0 radical (unpaired) electrons. The predicted octanol–water partition coefficient (Wildman–Crippen LogP) is 2.65.